The summed E-state index contributed by atoms with van der Waals surface area (Å²) in [6.45, 7) is 2.81. The second kappa shape index (κ2) is 10.1. The Labute approximate surface area is 153 Å². The quantitative estimate of drug-likeness (QED) is 0.529. The average molecular weight is 356 g/mol. The predicted molar refractivity (Wildman–Crippen MR) is 102 cm³/mol. The van der Waals surface area contributed by atoms with Crippen LogP contribution in [0.15, 0.2) is 48.5 Å². The molecule has 0 heterocycles. The molecule has 0 bridgehead atoms. The number of para-hydroxylation sites is 2. The molecule has 0 radical (unpaired) electrons. The highest BCUT2D eigenvalue weighted by Crippen LogP contribution is 2.24. The highest BCUT2D eigenvalue weighted by Gasteiger charge is 2.08. The Balaban J connectivity index is 1.88. The molecule has 2 N–H and O–H groups in total. The van der Waals surface area contributed by atoms with Gasteiger partial charge >= 0.3 is 5.97 Å². The second-order valence-electron chi connectivity index (χ2n) is 5.67. The van der Waals surface area contributed by atoms with Crippen LogP contribution in [-0.2, 0) is 9.53 Å². The van der Waals surface area contributed by atoms with Gasteiger partial charge in [-0.1, -0.05) is 25.5 Å². The van der Waals surface area contributed by atoms with Crippen molar-refractivity contribution in [1.82, 2.24) is 0 Å². The minimum Gasteiger partial charge on any atom is -0.491 e. The lowest BCUT2D eigenvalue weighted by atomic mass is 10.2. The Bertz CT molecular complexity index is 729. The van der Waals surface area contributed by atoms with Gasteiger partial charge in [0, 0.05) is 5.69 Å². The maximum Gasteiger partial charge on any atom is 0.337 e. The standard InChI is InChI=1S/C20H24N2O4/c1-3-4-13-26-18-8-6-5-7-17(18)22-19(23)14-21-16-11-9-15(10-12-16)20(24)25-2/h5-12,21H,3-4,13-14H2,1-2H3,(H,22,23). The minimum atomic E-state index is -0.394. The van der Waals surface area contributed by atoms with Crippen molar-refractivity contribution in [3.8, 4) is 5.75 Å². The maximum absolute atomic E-state index is 12.2. The van der Waals surface area contributed by atoms with Crippen molar-refractivity contribution in [2.45, 2.75) is 19.8 Å². The van der Waals surface area contributed by atoms with Crippen LogP contribution in [0, 0.1) is 0 Å². The molecule has 2 aromatic rings. The Morgan fingerprint density at radius 1 is 1.04 bits per heavy atom. The van der Waals surface area contributed by atoms with Crippen molar-refractivity contribution < 1.29 is 19.1 Å². The van der Waals surface area contributed by atoms with Crippen LogP contribution in [0.25, 0.3) is 0 Å². The van der Waals surface area contributed by atoms with E-state index in [0.717, 1.165) is 18.5 Å². The summed E-state index contributed by atoms with van der Waals surface area (Å²) in [5.74, 6) is 0.0827. The number of carbonyl (C=O) groups is 2. The van der Waals surface area contributed by atoms with Crippen molar-refractivity contribution >= 4 is 23.3 Å². The van der Waals surface area contributed by atoms with E-state index in [2.05, 4.69) is 22.3 Å². The van der Waals surface area contributed by atoms with Crippen molar-refractivity contribution in [3.63, 3.8) is 0 Å². The van der Waals surface area contributed by atoms with E-state index in [0.29, 0.717) is 23.6 Å². The van der Waals surface area contributed by atoms with Crippen LogP contribution in [0.3, 0.4) is 0 Å². The molecule has 2 aromatic carbocycles. The van der Waals surface area contributed by atoms with Crippen molar-refractivity contribution in [2.24, 2.45) is 0 Å². The van der Waals surface area contributed by atoms with E-state index in [1.165, 1.54) is 7.11 Å². The molecule has 1 amide bonds. The highest BCUT2D eigenvalue weighted by atomic mass is 16.5. The molecule has 0 fully saturated rings. The summed E-state index contributed by atoms with van der Waals surface area (Å²) in [5, 5.41) is 5.86. The summed E-state index contributed by atoms with van der Waals surface area (Å²) in [4.78, 5) is 23.6. The molecule has 0 aliphatic rings. The number of esters is 1. The van der Waals surface area contributed by atoms with E-state index >= 15 is 0 Å². The Kier molecular flexibility index (Phi) is 7.49. The van der Waals surface area contributed by atoms with E-state index in [1.54, 1.807) is 24.3 Å². The monoisotopic (exact) mass is 356 g/mol. The van der Waals surface area contributed by atoms with E-state index in [1.807, 2.05) is 24.3 Å². The summed E-state index contributed by atoms with van der Waals surface area (Å²) in [6.07, 6.45) is 2.01. The van der Waals surface area contributed by atoms with Gasteiger partial charge in [-0.3, -0.25) is 4.79 Å². The van der Waals surface area contributed by atoms with Gasteiger partial charge in [0.25, 0.3) is 0 Å². The number of anilines is 2. The topological polar surface area (TPSA) is 76.7 Å². The number of amides is 1. The summed E-state index contributed by atoms with van der Waals surface area (Å²) >= 11 is 0. The second-order valence-corrected chi connectivity index (χ2v) is 5.67. The average Bonchev–Trinajstić information content (AvgIpc) is 2.67. The smallest absolute Gasteiger partial charge is 0.337 e. The van der Waals surface area contributed by atoms with Crippen molar-refractivity contribution in [2.75, 3.05) is 30.9 Å². The number of unbranched alkanes of at least 4 members (excludes halogenated alkanes) is 1. The predicted octanol–water partition coefficient (Wildman–Crippen LogP) is 3.70. The van der Waals surface area contributed by atoms with Gasteiger partial charge in [0.2, 0.25) is 5.91 Å². The van der Waals surface area contributed by atoms with E-state index < -0.39 is 5.97 Å². The molecular weight excluding hydrogens is 332 g/mol. The third kappa shape index (κ3) is 5.81. The fraction of sp³-hybridized carbons (Fsp3) is 0.300. The van der Waals surface area contributed by atoms with E-state index in [-0.39, 0.29) is 12.5 Å². The number of methoxy groups -OCH3 is 1. The van der Waals surface area contributed by atoms with Crippen LogP contribution in [0.2, 0.25) is 0 Å². The Hall–Kier alpha value is -3.02. The van der Waals surface area contributed by atoms with Gasteiger partial charge in [0.05, 0.1) is 31.5 Å². The van der Waals surface area contributed by atoms with Crippen molar-refractivity contribution in [3.05, 3.63) is 54.1 Å². The molecule has 6 nitrogen and oxygen atoms in total. The first kappa shape index (κ1) is 19.3. The molecule has 2 rings (SSSR count). The van der Waals surface area contributed by atoms with Gasteiger partial charge < -0.3 is 20.1 Å². The fourth-order valence-corrected chi connectivity index (χ4v) is 2.24. The third-order valence-corrected chi connectivity index (χ3v) is 3.68. The molecule has 0 saturated heterocycles. The zero-order valence-corrected chi connectivity index (χ0v) is 15.1. The summed E-state index contributed by atoms with van der Waals surface area (Å²) in [7, 11) is 1.34. The van der Waals surface area contributed by atoms with Gasteiger partial charge in [-0.15, -0.1) is 0 Å². The van der Waals surface area contributed by atoms with Gasteiger partial charge in [-0.2, -0.15) is 0 Å². The lowest BCUT2D eigenvalue weighted by Gasteiger charge is -2.13. The van der Waals surface area contributed by atoms with Crippen LogP contribution in [-0.4, -0.2) is 32.1 Å². The zero-order chi connectivity index (χ0) is 18.8. The van der Waals surface area contributed by atoms with Crippen LogP contribution >= 0.6 is 0 Å². The number of ether oxygens (including phenoxy) is 2. The van der Waals surface area contributed by atoms with Gasteiger partial charge in [0.15, 0.2) is 0 Å². The first-order chi connectivity index (χ1) is 12.6. The SMILES string of the molecule is CCCCOc1ccccc1NC(=O)CNc1ccc(C(=O)OC)cc1. The third-order valence-electron chi connectivity index (χ3n) is 3.68. The van der Waals surface area contributed by atoms with E-state index in [4.69, 9.17) is 4.74 Å². The van der Waals surface area contributed by atoms with Crippen LogP contribution in [0.1, 0.15) is 30.1 Å². The number of nitrogens with one attached hydrogen (secondary N) is 2. The molecule has 6 heteroatoms. The number of benzene rings is 2. The van der Waals surface area contributed by atoms with Gasteiger partial charge in [-0.25, -0.2) is 4.79 Å². The number of hydrogen-bond donors (Lipinski definition) is 2. The van der Waals surface area contributed by atoms with Crippen LogP contribution in [0.4, 0.5) is 11.4 Å². The minimum absolute atomic E-state index is 0.0981. The molecule has 0 aliphatic carbocycles. The molecule has 0 aromatic heterocycles. The van der Waals surface area contributed by atoms with Gasteiger partial charge in [-0.05, 0) is 42.8 Å². The normalized spacial score (nSPS) is 10.1. The van der Waals surface area contributed by atoms with Crippen LogP contribution in [0.5, 0.6) is 5.75 Å². The summed E-state index contributed by atoms with van der Waals surface area (Å²) in [5.41, 5.74) is 1.84. The summed E-state index contributed by atoms with van der Waals surface area (Å²) in [6, 6.07) is 14.1. The first-order valence-corrected chi connectivity index (χ1v) is 8.58. The molecule has 26 heavy (non-hydrogen) atoms. The number of hydrogen-bond acceptors (Lipinski definition) is 5. The number of carbonyl (C=O) groups excluding carboxylic acids is 2. The Morgan fingerprint density at radius 2 is 1.77 bits per heavy atom. The van der Waals surface area contributed by atoms with Gasteiger partial charge in [0.1, 0.15) is 5.75 Å². The molecule has 0 aliphatic heterocycles. The highest BCUT2D eigenvalue weighted by molar-refractivity contribution is 5.95. The molecule has 0 spiro atoms. The summed E-state index contributed by atoms with van der Waals surface area (Å²) < 4.78 is 10.4. The molecule has 0 saturated carbocycles. The Morgan fingerprint density at radius 3 is 2.46 bits per heavy atom. The zero-order valence-electron chi connectivity index (χ0n) is 15.1. The lowest BCUT2D eigenvalue weighted by molar-refractivity contribution is -0.114. The van der Waals surface area contributed by atoms with Crippen LogP contribution < -0.4 is 15.4 Å². The fourth-order valence-electron chi connectivity index (χ4n) is 2.24. The van der Waals surface area contributed by atoms with Crippen molar-refractivity contribution in [1.29, 1.82) is 0 Å². The number of rotatable bonds is 9. The molecule has 0 atom stereocenters. The lowest BCUT2D eigenvalue weighted by Crippen LogP contribution is -2.22. The molecule has 0 unspecified atom stereocenters. The maximum atomic E-state index is 12.2. The molecular formula is C20H24N2O4. The first-order valence-electron chi connectivity index (χ1n) is 8.58. The largest absolute Gasteiger partial charge is 0.491 e. The van der Waals surface area contributed by atoms with E-state index in [9.17, 15) is 9.59 Å². The molecule has 138 valence electrons.